The summed E-state index contributed by atoms with van der Waals surface area (Å²) in [7, 11) is 0. The number of likely N-dealkylation sites (tertiary alicyclic amines) is 1. The molecule has 0 bridgehead atoms. The molecule has 1 N–H and O–H groups in total. The molecule has 0 unspecified atom stereocenters. The maximum absolute atomic E-state index is 13.1. The number of carbonyl (C=O) groups excluding carboxylic acids is 1. The molecule has 1 amide bonds. The van der Waals surface area contributed by atoms with Crippen molar-refractivity contribution in [2.24, 2.45) is 0 Å². The van der Waals surface area contributed by atoms with Gasteiger partial charge in [-0.1, -0.05) is 18.2 Å². The molecule has 3 heterocycles. The van der Waals surface area contributed by atoms with Gasteiger partial charge in [-0.15, -0.1) is 0 Å². The smallest absolute Gasteiger partial charge is 0.256 e. The Bertz CT molecular complexity index is 985. The lowest BCUT2D eigenvalue weighted by atomic mass is 10.0. The van der Waals surface area contributed by atoms with Gasteiger partial charge in [-0.25, -0.2) is 4.39 Å². The SMILES string of the molecule is O=C(c1c[nH]c2ccccc12)N1CC(N2CCN(c3ccc(F)cc3)CC2)C1. The van der Waals surface area contributed by atoms with Gasteiger partial charge >= 0.3 is 0 Å². The van der Waals surface area contributed by atoms with Gasteiger partial charge in [0.05, 0.1) is 5.56 Å². The fourth-order valence-electron chi connectivity index (χ4n) is 4.27. The van der Waals surface area contributed by atoms with Crippen molar-refractivity contribution in [2.75, 3.05) is 44.2 Å². The van der Waals surface area contributed by atoms with Crippen LogP contribution in [-0.4, -0.2) is 66.0 Å². The van der Waals surface area contributed by atoms with Crippen molar-refractivity contribution in [1.29, 1.82) is 0 Å². The number of nitrogens with one attached hydrogen (secondary N) is 1. The normalized spacial score (nSPS) is 18.5. The molecule has 28 heavy (non-hydrogen) atoms. The van der Waals surface area contributed by atoms with Gasteiger partial charge in [-0.05, 0) is 30.3 Å². The quantitative estimate of drug-likeness (QED) is 0.762. The molecule has 5 rings (SSSR count). The Labute approximate surface area is 163 Å². The van der Waals surface area contributed by atoms with Crippen molar-refractivity contribution in [1.82, 2.24) is 14.8 Å². The van der Waals surface area contributed by atoms with Crippen LogP contribution in [0.4, 0.5) is 10.1 Å². The van der Waals surface area contributed by atoms with E-state index in [1.54, 1.807) is 0 Å². The third-order valence-electron chi connectivity index (χ3n) is 5.99. The van der Waals surface area contributed by atoms with E-state index in [0.29, 0.717) is 6.04 Å². The second-order valence-corrected chi connectivity index (χ2v) is 7.61. The predicted octanol–water partition coefficient (Wildman–Crippen LogP) is 2.95. The molecule has 5 nitrogen and oxygen atoms in total. The molecule has 1 aromatic heterocycles. The molecule has 2 aliphatic heterocycles. The van der Waals surface area contributed by atoms with Gasteiger partial charge in [-0.3, -0.25) is 9.69 Å². The summed E-state index contributed by atoms with van der Waals surface area (Å²) in [6.07, 6.45) is 1.82. The van der Waals surface area contributed by atoms with Gasteiger partial charge in [0.25, 0.3) is 5.91 Å². The average molecular weight is 378 g/mol. The molecular weight excluding hydrogens is 355 g/mol. The number of aromatic nitrogens is 1. The van der Waals surface area contributed by atoms with Crippen molar-refractivity contribution >= 4 is 22.5 Å². The zero-order valence-electron chi connectivity index (χ0n) is 15.6. The summed E-state index contributed by atoms with van der Waals surface area (Å²) < 4.78 is 13.1. The van der Waals surface area contributed by atoms with Crippen molar-refractivity contribution in [3.63, 3.8) is 0 Å². The van der Waals surface area contributed by atoms with Crippen LogP contribution in [0.1, 0.15) is 10.4 Å². The van der Waals surface area contributed by atoms with Crippen LogP contribution in [0, 0.1) is 5.82 Å². The Morgan fingerprint density at radius 3 is 2.43 bits per heavy atom. The number of H-pyrrole nitrogens is 1. The first-order chi connectivity index (χ1) is 13.7. The number of carbonyl (C=O) groups is 1. The van der Waals surface area contributed by atoms with Crippen LogP contribution < -0.4 is 4.90 Å². The molecule has 0 atom stereocenters. The van der Waals surface area contributed by atoms with E-state index < -0.39 is 0 Å². The molecule has 3 aromatic rings. The van der Waals surface area contributed by atoms with Crippen LogP contribution in [-0.2, 0) is 0 Å². The number of aromatic amines is 1. The minimum Gasteiger partial charge on any atom is -0.369 e. The number of hydrogen-bond acceptors (Lipinski definition) is 3. The van der Waals surface area contributed by atoms with Gasteiger partial charge in [0.15, 0.2) is 0 Å². The Kier molecular flexibility index (Phi) is 4.28. The number of hydrogen-bond donors (Lipinski definition) is 1. The number of rotatable bonds is 3. The lowest BCUT2D eigenvalue weighted by molar-refractivity contribution is 0.0248. The first-order valence-corrected chi connectivity index (χ1v) is 9.79. The molecule has 0 radical (unpaired) electrons. The maximum Gasteiger partial charge on any atom is 0.256 e. The summed E-state index contributed by atoms with van der Waals surface area (Å²) in [6, 6.07) is 15.1. The highest BCUT2D eigenvalue weighted by Crippen LogP contribution is 2.25. The maximum atomic E-state index is 13.1. The fraction of sp³-hybridized carbons (Fsp3) is 0.318. The highest BCUT2D eigenvalue weighted by atomic mass is 19.1. The van der Waals surface area contributed by atoms with E-state index in [1.165, 1.54) is 12.1 Å². The molecule has 2 fully saturated rings. The zero-order chi connectivity index (χ0) is 19.1. The molecule has 0 saturated carbocycles. The molecule has 2 aliphatic rings. The minimum absolute atomic E-state index is 0.110. The number of piperazine rings is 1. The second kappa shape index (κ2) is 6.95. The summed E-state index contributed by atoms with van der Waals surface area (Å²) in [5, 5.41) is 0.990. The first kappa shape index (κ1) is 17.3. The second-order valence-electron chi connectivity index (χ2n) is 7.61. The monoisotopic (exact) mass is 378 g/mol. The number of anilines is 1. The molecule has 0 spiro atoms. The van der Waals surface area contributed by atoms with E-state index in [9.17, 15) is 9.18 Å². The highest BCUT2D eigenvalue weighted by molar-refractivity contribution is 6.07. The van der Waals surface area contributed by atoms with Crippen LogP contribution >= 0.6 is 0 Å². The van der Waals surface area contributed by atoms with Crippen molar-refractivity contribution in [3.05, 3.63) is 66.1 Å². The Morgan fingerprint density at radius 2 is 1.68 bits per heavy atom. The van der Waals surface area contributed by atoms with E-state index in [1.807, 2.05) is 47.5 Å². The number of halogens is 1. The van der Waals surface area contributed by atoms with E-state index in [2.05, 4.69) is 14.8 Å². The van der Waals surface area contributed by atoms with E-state index in [0.717, 1.165) is 61.4 Å². The van der Waals surface area contributed by atoms with Crippen LogP contribution in [0.5, 0.6) is 0 Å². The summed E-state index contributed by atoms with van der Waals surface area (Å²) in [5.74, 6) is -0.0875. The zero-order valence-corrected chi connectivity index (χ0v) is 15.6. The summed E-state index contributed by atoms with van der Waals surface area (Å²) >= 11 is 0. The van der Waals surface area contributed by atoms with Crippen molar-refractivity contribution < 1.29 is 9.18 Å². The van der Waals surface area contributed by atoms with Gasteiger partial charge < -0.3 is 14.8 Å². The number of nitrogens with zero attached hydrogens (tertiary/aromatic N) is 3. The summed E-state index contributed by atoms with van der Waals surface area (Å²) in [5.41, 5.74) is 2.83. The molecule has 6 heteroatoms. The molecule has 2 aromatic carbocycles. The summed E-state index contributed by atoms with van der Waals surface area (Å²) in [4.78, 5) is 22.7. The third-order valence-corrected chi connectivity index (χ3v) is 5.99. The third kappa shape index (κ3) is 3.03. The molecule has 144 valence electrons. The largest absolute Gasteiger partial charge is 0.369 e. The van der Waals surface area contributed by atoms with E-state index in [4.69, 9.17) is 0 Å². The van der Waals surface area contributed by atoms with E-state index in [-0.39, 0.29) is 11.7 Å². The molecule has 0 aliphatic carbocycles. The van der Waals surface area contributed by atoms with Crippen molar-refractivity contribution in [3.8, 4) is 0 Å². The van der Waals surface area contributed by atoms with Crippen LogP contribution in [0.2, 0.25) is 0 Å². The lowest BCUT2D eigenvalue weighted by Crippen LogP contribution is -2.64. The van der Waals surface area contributed by atoms with Crippen LogP contribution in [0.3, 0.4) is 0 Å². The lowest BCUT2D eigenvalue weighted by Gasteiger charge is -2.48. The minimum atomic E-state index is -0.197. The summed E-state index contributed by atoms with van der Waals surface area (Å²) in [6.45, 7) is 5.37. The Morgan fingerprint density at radius 1 is 0.964 bits per heavy atom. The number of benzene rings is 2. The fourth-order valence-corrected chi connectivity index (χ4v) is 4.27. The number of para-hydroxylation sites is 1. The van der Waals surface area contributed by atoms with Gasteiger partial charge in [0.1, 0.15) is 5.82 Å². The Hall–Kier alpha value is -2.86. The van der Waals surface area contributed by atoms with Gasteiger partial charge in [-0.2, -0.15) is 0 Å². The van der Waals surface area contributed by atoms with Gasteiger partial charge in [0, 0.05) is 68.1 Å². The standard InChI is InChI=1S/C22H23FN4O/c23-16-5-7-17(8-6-16)25-9-11-26(12-10-25)18-14-27(15-18)22(28)20-13-24-21-4-2-1-3-19(20)21/h1-8,13,18,24H,9-12,14-15H2. The van der Waals surface area contributed by atoms with Crippen molar-refractivity contribution in [2.45, 2.75) is 6.04 Å². The number of amides is 1. The number of fused-ring (bicyclic) bond motifs is 1. The van der Waals surface area contributed by atoms with Crippen LogP contribution in [0.25, 0.3) is 10.9 Å². The van der Waals surface area contributed by atoms with Crippen LogP contribution in [0.15, 0.2) is 54.7 Å². The molecule has 2 saturated heterocycles. The molecular formula is C22H23FN4O. The topological polar surface area (TPSA) is 42.6 Å². The predicted molar refractivity (Wildman–Crippen MR) is 108 cm³/mol. The van der Waals surface area contributed by atoms with E-state index >= 15 is 0 Å². The highest BCUT2D eigenvalue weighted by Gasteiger charge is 2.36. The Balaban J connectivity index is 1.16. The van der Waals surface area contributed by atoms with Gasteiger partial charge in [0.2, 0.25) is 0 Å². The average Bonchev–Trinajstić information content (AvgIpc) is 3.12. The first-order valence-electron chi connectivity index (χ1n) is 9.79.